The fraction of sp³-hybridized carbons (Fsp3) is 0.714. The van der Waals surface area contributed by atoms with Crippen LogP contribution in [0.25, 0.3) is 0 Å². The summed E-state index contributed by atoms with van der Waals surface area (Å²) in [6.07, 6.45) is 0. The second-order valence-corrected chi connectivity index (χ2v) is 3.35. The number of nitrogens with two attached hydrogens (primary N) is 1. The lowest BCUT2D eigenvalue weighted by Gasteiger charge is -2.20. The quantitative estimate of drug-likeness (QED) is 0.548. The summed E-state index contributed by atoms with van der Waals surface area (Å²) in [7, 11) is 0. The van der Waals surface area contributed by atoms with Crippen LogP contribution >= 0.6 is 0 Å². The SMILES string of the molecule is CC(C)(C)NC(=O)C(N)C#N. The zero-order chi connectivity index (χ0) is 9.07. The molecule has 0 aromatic carbocycles. The number of nitrogens with zero attached hydrogens (tertiary/aromatic N) is 1. The van der Waals surface area contributed by atoms with Gasteiger partial charge in [-0.3, -0.25) is 4.79 Å². The lowest BCUT2D eigenvalue weighted by Crippen LogP contribution is -2.48. The van der Waals surface area contributed by atoms with E-state index in [1.54, 1.807) is 6.07 Å². The molecule has 0 aliphatic rings. The van der Waals surface area contributed by atoms with Gasteiger partial charge < -0.3 is 11.1 Å². The van der Waals surface area contributed by atoms with Crippen LogP contribution in [0.4, 0.5) is 0 Å². The molecule has 0 aliphatic carbocycles. The molecule has 4 heteroatoms. The summed E-state index contributed by atoms with van der Waals surface area (Å²) in [6.45, 7) is 5.49. The molecule has 0 heterocycles. The fourth-order valence-electron chi connectivity index (χ4n) is 0.506. The van der Waals surface area contributed by atoms with E-state index in [1.807, 2.05) is 20.8 Å². The number of rotatable bonds is 1. The van der Waals surface area contributed by atoms with Crippen LogP contribution in [0.3, 0.4) is 0 Å². The number of hydrogen-bond acceptors (Lipinski definition) is 3. The van der Waals surface area contributed by atoms with Gasteiger partial charge in [0.1, 0.15) is 0 Å². The summed E-state index contributed by atoms with van der Waals surface area (Å²) in [5, 5.41) is 10.8. The van der Waals surface area contributed by atoms with E-state index in [1.165, 1.54) is 0 Å². The number of amides is 1. The van der Waals surface area contributed by atoms with Crippen molar-refractivity contribution in [2.45, 2.75) is 32.4 Å². The number of carbonyl (C=O) groups excluding carboxylic acids is 1. The van der Waals surface area contributed by atoms with E-state index in [0.29, 0.717) is 0 Å². The summed E-state index contributed by atoms with van der Waals surface area (Å²) in [5.74, 6) is -0.431. The Bertz CT molecular complexity index is 187. The van der Waals surface area contributed by atoms with Crippen LogP contribution in [0, 0.1) is 11.3 Å². The molecule has 0 bridgehead atoms. The average Bonchev–Trinajstić information content (AvgIpc) is 1.82. The Labute approximate surface area is 66.4 Å². The highest BCUT2D eigenvalue weighted by molar-refractivity contribution is 5.84. The van der Waals surface area contributed by atoms with Crippen LogP contribution in [-0.4, -0.2) is 17.5 Å². The lowest BCUT2D eigenvalue weighted by atomic mass is 10.1. The van der Waals surface area contributed by atoms with E-state index in [2.05, 4.69) is 5.32 Å². The number of nitriles is 1. The highest BCUT2D eigenvalue weighted by atomic mass is 16.2. The van der Waals surface area contributed by atoms with Crippen LogP contribution in [-0.2, 0) is 4.79 Å². The summed E-state index contributed by atoms with van der Waals surface area (Å²) in [6, 6.07) is 0.592. The van der Waals surface area contributed by atoms with Gasteiger partial charge in [0.25, 0.3) is 5.91 Å². The number of hydrogen-bond donors (Lipinski definition) is 2. The molecule has 0 radical (unpaired) electrons. The van der Waals surface area contributed by atoms with Crippen LogP contribution in [0.2, 0.25) is 0 Å². The molecule has 0 rings (SSSR count). The topological polar surface area (TPSA) is 78.9 Å². The zero-order valence-electron chi connectivity index (χ0n) is 7.01. The monoisotopic (exact) mass is 155 g/mol. The van der Waals surface area contributed by atoms with E-state index < -0.39 is 11.9 Å². The van der Waals surface area contributed by atoms with Gasteiger partial charge in [-0.05, 0) is 20.8 Å². The van der Waals surface area contributed by atoms with Crippen molar-refractivity contribution >= 4 is 5.91 Å². The molecule has 1 unspecified atom stereocenters. The summed E-state index contributed by atoms with van der Waals surface area (Å²) in [5.41, 5.74) is 4.82. The smallest absolute Gasteiger partial charge is 0.252 e. The Morgan fingerprint density at radius 2 is 2.09 bits per heavy atom. The Hall–Kier alpha value is -1.08. The highest BCUT2D eigenvalue weighted by Gasteiger charge is 2.18. The van der Waals surface area contributed by atoms with Gasteiger partial charge in [0.05, 0.1) is 6.07 Å². The molecule has 1 atom stereocenters. The Morgan fingerprint density at radius 1 is 1.64 bits per heavy atom. The predicted octanol–water partition coefficient (Wildman–Crippen LogP) is -0.248. The maximum Gasteiger partial charge on any atom is 0.252 e. The molecule has 11 heavy (non-hydrogen) atoms. The van der Waals surface area contributed by atoms with Crippen molar-refractivity contribution in [2.24, 2.45) is 5.73 Å². The fourth-order valence-corrected chi connectivity index (χ4v) is 0.506. The van der Waals surface area contributed by atoms with Crippen molar-refractivity contribution in [3.63, 3.8) is 0 Å². The normalized spacial score (nSPS) is 13.4. The van der Waals surface area contributed by atoms with Gasteiger partial charge >= 0.3 is 0 Å². The maximum atomic E-state index is 10.9. The third-order valence-corrected chi connectivity index (χ3v) is 0.920. The van der Waals surface area contributed by atoms with Gasteiger partial charge in [0.2, 0.25) is 0 Å². The van der Waals surface area contributed by atoms with Gasteiger partial charge in [0, 0.05) is 5.54 Å². The van der Waals surface area contributed by atoms with E-state index in [0.717, 1.165) is 0 Å². The molecular weight excluding hydrogens is 142 g/mol. The second-order valence-electron chi connectivity index (χ2n) is 3.35. The third-order valence-electron chi connectivity index (χ3n) is 0.920. The van der Waals surface area contributed by atoms with Crippen LogP contribution < -0.4 is 11.1 Å². The zero-order valence-corrected chi connectivity index (χ0v) is 7.01. The minimum Gasteiger partial charge on any atom is -0.349 e. The Morgan fingerprint density at radius 3 is 2.36 bits per heavy atom. The first-order valence-electron chi connectivity index (χ1n) is 3.34. The number of carbonyl (C=O) groups is 1. The molecule has 0 aliphatic heterocycles. The lowest BCUT2D eigenvalue weighted by molar-refractivity contribution is -0.122. The second kappa shape index (κ2) is 3.35. The molecule has 0 aromatic rings. The molecule has 4 nitrogen and oxygen atoms in total. The first-order valence-corrected chi connectivity index (χ1v) is 3.34. The highest BCUT2D eigenvalue weighted by Crippen LogP contribution is 1.98. The molecule has 62 valence electrons. The molecule has 0 fully saturated rings. The van der Waals surface area contributed by atoms with Gasteiger partial charge in [0.15, 0.2) is 6.04 Å². The molecule has 0 saturated carbocycles. The van der Waals surface area contributed by atoms with Gasteiger partial charge in [-0.2, -0.15) is 5.26 Å². The molecule has 1 amide bonds. The Balaban J connectivity index is 4.01. The van der Waals surface area contributed by atoms with Crippen LogP contribution in [0.5, 0.6) is 0 Å². The van der Waals surface area contributed by atoms with Crippen molar-refractivity contribution < 1.29 is 4.79 Å². The van der Waals surface area contributed by atoms with E-state index >= 15 is 0 Å². The first kappa shape index (κ1) is 9.92. The molecule has 0 spiro atoms. The molecule has 3 N–H and O–H groups in total. The minimum atomic E-state index is -1.06. The van der Waals surface area contributed by atoms with Gasteiger partial charge in [-0.15, -0.1) is 0 Å². The van der Waals surface area contributed by atoms with Crippen molar-refractivity contribution in [2.75, 3.05) is 0 Å². The van der Waals surface area contributed by atoms with Gasteiger partial charge in [-0.1, -0.05) is 0 Å². The van der Waals surface area contributed by atoms with Crippen molar-refractivity contribution in [3.05, 3.63) is 0 Å². The molecular formula is C7H13N3O. The van der Waals surface area contributed by atoms with Crippen molar-refractivity contribution in [3.8, 4) is 6.07 Å². The molecule has 0 saturated heterocycles. The Kier molecular flexibility index (Phi) is 3.02. The third kappa shape index (κ3) is 4.34. The minimum absolute atomic E-state index is 0.328. The van der Waals surface area contributed by atoms with Gasteiger partial charge in [-0.25, -0.2) is 0 Å². The predicted molar refractivity (Wildman–Crippen MR) is 41.5 cm³/mol. The first-order chi connectivity index (χ1) is 4.87. The van der Waals surface area contributed by atoms with E-state index in [4.69, 9.17) is 11.0 Å². The number of nitrogens with one attached hydrogen (secondary N) is 1. The summed E-state index contributed by atoms with van der Waals surface area (Å²) in [4.78, 5) is 10.9. The van der Waals surface area contributed by atoms with E-state index in [-0.39, 0.29) is 5.54 Å². The van der Waals surface area contributed by atoms with Crippen molar-refractivity contribution in [1.29, 1.82) is 5.26 Å². The van der Waals surface area contributed by atoms with Crippen molar-refractivity contribution in [1.82, 2.24) is 5.32 Å². The van der Waals surface area contributed by atoms with Crippen LogP contribution in [0.1, 0.15) is 20.8 Å². The average molecular weight is 155 g/mol. The summed E-state index contributed by atoms with van der Waals surface area (Å²) < 4.78 is 0. The van der Waals surface area contributed by atoms with Crippen LogP contribution in [0.15, 0.2) is 0 Å². The summed E-state index contributed by atoms with van der Waals surface area (Å²) >= 11 is 0. The standard InChI is InChI=1S/C7H13N3O/c1-7(2,3)10-6(11)5(9)4-8/h5H,9H2,1-3H3,(H,10,11). The largest absolute Gasteiger partial charge is 0.349 e. The molecule has 0 aromatic heterocycles. The van der Waals surface area contributed by atoms with E-state index in [9.17, 15) is 4.79 Å². The maximum absolute atomic E-state index is 10.9.